The first kappa shape index (κ1) is 18.7. The molecule has 0 aliphatic rings. The van der Waals surface area contributed by atoms with Gasteiger partial charge < -0.3 is 23.8 Å². The first-order chi connectivity index (χ1) is 6.62. The molecule has 100 valence electrons. The molecule has 0 aliphatic heterocycles. The van der Waals surface area contributed by atoms with Crippen LogP contribution < -0.4 is 0 Å². The highest BCUT2D eigenvalue weighted by atomic mass is 35.5. The molecule has 0 saturated carbocycles. The van der Waals surface area contributed by atoms with Gasteiger partial charge in [-0.25, -0.2) is 0 Å². The van der Waals surface area contributed by atoms with Crippen LogP contribution in [0.15, 0.2) is 0 Å². The molecule has 0 aromatic heterocycles. The van der Waals surface area contributed by atoms with Gasteiger partial charge in [0.05, 0.1) is 27.2 Å². The van der Waals surface area contributed by atoms with Gasteiger partial charge in [-0.3, -0.25) is 0 Å². The summed E-state index contributed by atoms with van der Waals surface area (Å²) in [4.78, 5) is 28.7. The van der Waals surface area contributed by atoms with E-state index in [9.17, 15) is 0 Å². The van der Waals surface area contributed by atoms with Gasteiger partial charge in [0.2, 0.25) is 0 Å². The Morgan fingerprint density at radius 1 is 1.06 bits per heavy atom. The summed E-state index contributed by atoms with van der Waals surface area (Å²) in [6.45, 7) is 2.88. The SMILES string of the molecule is CN(C)CC[N+](C)(C)CCC[Si](O)(O)O.Cl. The summed E-state index contributed by atoms with van der Waals surface area (Å²) in [5.74, 6) is 0. The summed E-state index contributed by atoms with van der Waals surface area (Å²) in [6, 6.07) is 0.136. The predicted molar refractivity (Wildman–Crippen MR) is 69.5 cm³/mol. The molecule has 0 spiro atoms. The lowest BCUT2D eigenvalue weighted by Gasteiger charge is -2.31. The fourth-order valence-electron chi connectivity index (χ4n) is 1.33. The van der Waals surface area contributed by atoms with Crippen LogP contribution in [0.2, 0.25) is 6.04 Å². The fourth-order valence-corrected chi connectivity index (χ4v) is 1.96. The van der Waals surface area contributed by atoms with E-state index in [1.165, 1.54) is 0 Å². The number of halogens is 1. The molecule has 7 heteroatoms. The van der Waals surface area contributed by atoms with Crippen LogP contribution >= 0.6 is 12.4 Å². The van der Waals surface area contributed by atoms with Gasteiger partial charge in [0.25, 0.3) is 0 Å². The van der Waals surface area contributed by atoms with Crippen molar-refractivity contribution in [3.8, 4) is 0 Å². The lowest BCUT2D eigenvalue weighted by atomic mass is 10.3. The Kier molecular flexibility index (Phi) is 8.86. The quantitative estimate of drug-likeness (QED) is 0.426. The summed E-state index contributed by atoms with van der Waals surface area (Å²) >= 11 is 0. The van der Waals surface area contributed by atoms with Crippen molar-refractivity contribution >= 4 is 21.2 Å². The predicted octanol–water partition coefficient (Wildman–Crippen LogP) is -0.648. The molecule has 0 heterocycles. The molecule has 0 aromatic carbocycles. The van der Waals surface area contributed by atoms with Gasteiger partial charge >= 0.3 is 8.80 Å². The Bertz CT molecular complexity index is 186. The van der Waals surface area contributed by atoms with Crippen molar-refractivity contribution in [1.82, 2.24) is 4.90 Å². The zero-order valence-electron chi connectivity index (χ0n) is 10.7. The Balaban J connectivity index is 0. The second-order valence-corrected chi connectivity index (χ2v) is 7.11. The van der Waals surface area contributed by atoms with E-state index in [0.717, 1.165) is 24.1 Å². The molecule has 0 aromatic rings. The third kappa shape index (κ3) is 12.4. The zero-order chi connectivity index (χ0) is 12.1. The van der Waals surface area contributed by atoms with E-state index in [0.29, 0.717) is 6.42 Å². The molecule has 0 radical (unpaired) electrons. The summed E-state index contributed by atoms with van der Waals surface area (Å²) in [5.41, 5.74) is 0. The van der Waals surface area contributed by atoms with Gasteiger partial charge in [-0.15, -0.1) is 12.4 Å². The van der Waals surface area contributed by atoms with Crippen molar-refractivity contribution in [2.75, 3.05) is 47.8 Å². The Labute approximate surface area is 106 Å². The maximum atomic E-state index is 8.87. The van der Waals surface area contributed by atoms with E-state index in [-0.39, 0.29) is 18.5 Å². The van der Waals surface area contributed by atoms with E-state index < -0.39 is 8.80 Å². The van der Waals surface area contributed by atoms with Gasteiger partial charge in [0.1, 0.15) is 0 Å². The number of likely N-dealkylation sites (N-methyl/N-ethyl adjacent to an activating group) is 2. The minimum Gasteiger partial charge on any atom is -0.390 e. The number of hydrogen-bond donors (Lipinski definition) is 3. The molecule has 0 aliphatic carbocycles. The monoisotopic (exact) mass is 273 g/mol. The van der Waals surface area contributed by atoms with Crippen molar-refractivity contribution in [3.63, 3.8) is 0 Å². The average molecular weight is 274 g/mol. The summed E-state index contributed by atoms with van der Waals surface area (Å²) in [6.07, 6.45) is 0.649. The molecule has 5 nitrogen and oxygen atoms in total. The highest BCUT2D eigenvalue weighted by Crippen LogP contribution is 2.06. The van der Waals surface area contributed by atoms with Crippen LogP contribution in [0.3, 0.4) is 0 Å². The summed E-state index contributed by atoms with van der Waals surface area (Å²) < 4.78 is 0.836. The molecule has 16 heavy (non-hydrogen) atoms. The van der Waals surface area contributed by atoms with Crippen LogP contribution in [0, 0.1) is 0 Å². The summed E-state index contributed by atoms with van der Waals surface area (Å²) in [5, 5.41) is 0. The van der Waals surface area contributed by atoms with Gasteiger partial charge in [0.15, 0.2) is 0 Å². The Morgan fingerprint density at radius 3 is 1.94 bits per heavy atom. The molecule has 0 rings (SSSR count). The molecular formula is C9H26ClN2O3Si+. The lowest BCUT2D eigenvalue weighted by molar-refractivity contribution is -0.889. The Hall–Kier alpha value is 0.307. The fraction of sp³-hybridized carbons (Fsp3) is 1.00. The molecule has 0 saturated heterocycles. The van der Waals surface area contributed by atoms with Crippen LogP contribution in [-0.4, -0.2) is 80.4 Å². The lowest BCUT2D eigenvalue weighted by Crippen LogP contribution is -2.46. The molecule has 0 bridgehead atoms. The molecule has 0 atom stereocenters. The number of hydrogen-bond acceptors (Lipinski definition) is 4. The van der Waals surface area contributed by atoms with Crippen molar-refractivity contribution in [2.45, 2.75) is 12.5 Å². The number of quaternary nitrogens is 1. The first-order valence-corrected chi connectivity index (χ1v) is 7.31. The van der Waals surface area contributed by atoms with Crippen molar-refractivity contribution in [1.29, 1.82) is 0 Å². The smallest absolute Gasteiger partial charge is 0.390 e. The number of nitrogens with zero attached hydrogens (tertiary/aromatic N) is 2. The van der Waals surface area contributed by atoms with Crippen LogP contribution in [0.4, 0.5) is 0 Å². The zero-order valence-corrected chi connectivity index (χ0v) is 12.5. The average Bonchev–Trinajstić information content (AvgIpc) is 1.98. The second-order valence-electron chi connectivity index (χ2n) is 5.06. The molecular weight excluding hydrogens is 248 g/mol. The van der Waals surface area contributed by atoms with Crippen molar-refractivity contribution in [3.05, 3.63) is 0 Å². The largest absolute Gasteiger partial charge is 0.492 e. The molecule has 0 fully saturated rings. The highest BCUT2D eigenvalue weighted by molar-refractivity contribution is 6.56. The van der Waals surface area contributed by atoms with Gasteiger partial charge in [-0.1, -0.05) is 0 Å². The summed E-state index contributed by atoms with van der Waals surface area (Å²) in [7, 11) is 4.47. The van der Waals surface area contributed by atoms with E-state index in [1.807, 2.05) is 14.1 Å². The third-order valence-electron chi connectivity index (χ3n) is 2.43. The highest BCUT2D eigenvalue weighted by Gasteiger charge is 2.27. The minimum atomic E-state index is -3.82. The first-order valence-electron chi connectivity index (χ1n) is 5.26. The van der Waals surface area contributed by atoms with Gasteiger partial charge in [-0.05, 0) is 14.1 Å². The molecule has 0 unspecified atom stereocenters. The van der Waals surface area contributed by atoms with Crippen LogP contribution in [0.25, 0.3) is 0 Å². The van der Waals surface area contributed by atoms with Gasteiger partial charge in [-0.2, -0.15) is 0 Å². The maximum Gasteiger partial charge on any atom is 0.492 e. The van der Waals surface area contributed by atoms with E-state index in [1.54, 1.807) is 0 Å². The van der Waals surface area contributed by atoms with E-state index in [2.05, 4.69) is 19.0 Å². The van der Waals surface area contributed by atoms with Crippen LogP contribution in [0.1, 0.15) is 6.42 Å². The van der Waals surface area contributed by atoms with E-state index >= 15 is 0 Å². The maximum absolute atomic E-state index is 8.87. The number of rotatable bonds is 7. The molecule has 3 N–H and O–H groups in total. The second kappa shape index (κ2) is 7.60. The van der Waals surface area contributed by atoms with Crippen molar-refractivity contribution in [2.24, 2.45) is 0 Å². The Morgan fingerprint density at radius 2 is 1.56 bits per heavy atom. The van der Waals surface area contributed by atoms with E-state index in [4.69, 9.17) is 14.4 Å². The van der Waals surface area contributed by atoms with Crippen molar-refractivity contribution < 1.29 is 18.9 Å². The molecule has 0 amide bonds. The minimum absolute atomic E-state index is 0. The topological polar surface area (TPSA) is 63.9 Å². The standard InChI is InChI=1S/C9H25N2O3Si.ClH/c1-10(2)6-8-11(3,4)7-5-9-15(12,13)14;/h12-14H,5-9H2,1-4H3;1H/q+1;. The van der Waals surface area contributed by atoms with Gasteiger partial charge in [0, 0.05) is 19.0 Å². The van der Waals surface area contributed by atoms with Crippen LogP contribution in [0.5, 0.6) is 0 Å². The normalized spacial score (nSPS) is 12.8. The van der Waals surface area contributed by atoms with Crippen LogP contribution in [-0.2, 0) is 0 Å². The third-order valence-corrected chi connectivity index (χ3v) is 3.45.